The Morgan fingerprint density at radius 1 is 1.16 bits per heavy atom. The van der Waals surface area contributed by atoms with Gasteiger partial charge in [-0.15, -0.1) is 0 Å². The lowest BCUT2D eigenvalue weighted by molar-refractivity contribution is -0.0157. The van der Waals surface area contributed by atoms with Crippen molar-refractivity contribution in [3.8, 4) is 17.1 Å². The van der Waals surface area contributed by atoms with Gasteiger partial charge < -0.3 is 14.6 Å². The molecule has 0 spiro atoms. The van der Waals surface area contributed by atoms with Crippen LogP contribution < -0.4 is 4.74 Å². The molecule has 2 aliphatic rings. The molecular formula is C24H28N4O3. The predicted octanol–water partition coefficient (Wildman–Crippen LogP) is 3.44. The van der Waals surface area contributed by atoms with Crippen molar-refractivity contribution in [2.75, 3.05) is 13.2 Å². The summed E-state index contributed by atoms with van der Waals surface area (Å²) in [5.74, 6) is 0.521. The summed E-state index contributed by atoms with van der Waals surface area (Å²) in [4.78, 5) is 6.43. The maximum atomic E-state index is 11.0. The van der Waals surface area contributed by atoms with Crippen molar-refractivity contribution in [3.05, 3.63) is 65.5 Å². The molecule has 0 bridgehead atoms. The van der Waals surface area contributed by atoms with Crippen LogP contribution in [0.15, 0.2) is 48.8 Å². The Kier molecular flexibility index (Phi) is 5.72. The Bertz CT molecular complexity index is 1030. The highest BCUT2D eigenvalue weighted by Crippen LogP contribution is 2.38. The van der Waals surface area contributed by atoms with Crippen molar-refractivity contribution in [1.29, 1.82) is 0 Å². The van der Waals surface area contributed by atoms with Crippen LogP contribution in [0.1, 0.15) is 42.2 Å². The standard InChI is InChI=1S/C24H28N4O3/c1-27-12-10-21(26-27)18-7-5-17(6-8-18)14-28-15-19-9-11-25-23(22(19)24(28)29)31-16-20-4-2-3-13-30-20/h5-12,20,24,29H,2-4,13-16H2,1H3. The van der Waals surface area contributed by atoms with E-state index in [0.29, 0.717) is 25.6 Å². The van der Waals surface area contributed by atoms with Crippen LogP contribution >= 0.6 is 0 Å². The zero-order chi connectivity index (χ0) is 21.2. The van der Waals surface area contributed by atoms with E-state index in [1.54, 1.807) is 10.9 Å². The van der Waals surface area contributed by atoms with Crippen LogP contribution in [0, 0.1) is 0 Å². The summed E-state index contributed by atoms with van der Waals surface area (Å²) >= 11 is 0. The van der Waals surface area contributed by atoms with E-state index in [0.717, 1.165) is 47.4 Å². The highest BCUT2D eigenvalue weighted by Gasteiger charge is 2.32. The van der Waals surface area contributed by atoms with Crippen molar-refractivity contribution in [2.24, 2.45) is 7.05 Å². The van der Waals surface area contributed by atoms with Crippen molar-refractivity contribution < 1.29 is 14.6 Å². The summed E-state index contributed by atoms with van der Waals surface area (Å²) in [6, 6.07) is 12.3. The van der Waals surface area contributed by atoms with E-state index in [9.17, 15) is 5.11 Å². The van der Waals surface area contributed by atoms with Gasteiger partial charge in [0.1, 0.15) is 12.8 Å². The molecule has 3 aromatic rings. The Hall–Kier alpha value is -2.74. The van der Waals surface area contributed by atoms with E-state index in [4.69, 9.17) is 9.47 Å². The number of benzene rings is 1. The van der Waals surface area contributed by atoms with Crippen molar-refractivity contribution in [2.45, 2.75) is 44.7 Å². The van der Waals surface area contributed by atoms with E-state index in [-0.39, 0.29) is 6.10 Å². The highest BCUT2D eigenvalue weighted by atomic mass is 16.5. The van der Waals surface area contributed by atoms with Crippen LogP contribution in [0.5, 0.6) is 5.88 Å². The molecule has 7 nitrogen and oxygen atoms in total. The van der Waals surface area contributed by atoms with Crippen LogP contribution in [-0.4, -0.2) is 44.1 Å². The van der Waals surface area contributed by atoms with E-state index >= 15 is 0 Å². The SMILES string of the molecule is Cn1ccc(-c2ccc(CN3Cc4ccnc(OCC5CCCCO5)c4C3O)cc2)n1. The normalized spacial score (nSPS) is 21.2. The lowest BCUT2D eigenvalue weighted by Gasteiger charge is -2.24. The molecule has 2 unspecified atom stereocenters. The van der Waals surface area contributed by atoms with Gasteiger partial charge in [-0.25, -0.2) is 4.98 Å². The zero-order valence-electron chi connectivity index (χ0n) is 17.8. The number of aliphatic hydroxyl groups excluding tert-OH is 1. The van der Waals surface area contributed by atoms with E-state index in [1.165, 1.54) is 6.42 Å². The number of ether oxygens (including phenoxy) is 2. The number of aryl methyl sites for hydroxylation is 1. The highest BCUT2D eigenvalue weighted by molar-refractivity contribution is 5.58. The number of rotatable bonds is 6. The number of pyridine rings is 1. The fourth-order valence-corrected chi connectivity index (χ4v) is 4.35. The topological polar surface area (TPSA) is 72.6 Å². The number of hydrogen-bond acceptors (Lipinski definition) is 6. The molecule has 1 fully saturated rings. The average Bonchev–Trinajstić information content (AvgIpc) is 3.37. The summed E-state index contributed by atoms with van der Waals surface area (Å²) in [5, 5.41) is 15.5. The van der Waals surface area contributed by atoms with Gasteiger partial charge in [0.15, 0.2) is 0 Å². The van der Waals surface area contributed by atoms with Crippen molar-refractivity contribution in [1.82, 2.24) is 19.7 Å². The summed E-state index contributed by atoms with van der Waals surface area (Å²) in [6.45, 7) is 2.58. The van der Waals surface area contributed by atoms with E-state index < -0.39 is 6.23 Å². The first-order valence-corrected chi connectivity index (χ1v) is 10.9. The van der Waals surface area contributed by atoms with Gasteiger partial charge in [-0.3, -0.25) is 9.58 Å². The molecule has 5 rings (SSSR count). The van der Waals surface area contributed by atoms with Crippen LogP contribution in [0.25, 0.3) is 11.3 Å². The molecule has 1 aromatic carbocycles. The molecular weight excluding hydrogens is 392 g/mol. The molecule has 1 saturated heterocycles. The van der Waals surface area contributed by atoms with Crippen molar-refractivity contribution >= 4 is 0 Å². The number of hydrogen-bond donors (Lipinski definition) is 1. The number of aromatic nitrogens is 3. The smallest absolute Gasteiger partial charge is 0.221 e. The van der Waals surface area contributed by atoms with Gasteiger partial charge in [-0.2, -0.15) is 5.10 Å². The van der Waals surface area contributed by atoms with Gasteiger partial charge in [-0.05, 0) is 42.5 Å². The average molecular weight is 421 g/mol. The first kappa shape index (κ1) is 20.2. The van der Waals surface area contributed by atoms with E-state index in [1.807, 2.05) is 30.3 Å². The number of fused-ring (bicyclic) bond motifs is 1. The van der Waals surface area contributed by atoms with Crippen LogP contribution in [0.3, 0.4) is 0 Å². The Morgan fingerprint density at radius 3 is 2.77 bits per heavy atom. The molecule has 7 heteroatoms. The third-order valence-corrected chi connectivity index (χ3v) is 6.05. The summed E-state index contributed by atoms with van der Waals surface area (Å²) in [6.07, 6.45) is 6.37. The monoisotopic (exact) mass is 420 g/mol. The molecule has 0 radical (unpaired) electrons. The van der Waals surface area contributed by atoms with Crippen molar-refractivity contribution in [3.63, 3.8) is 0 Å². The predicted molar refractivity (Wildman–Crippen MR) is 116 cm³/mol. The van der Waals surface area contributed by atoms with Crippen LogP contribution in [0.2, 0.25) is 0 Å². The minimum Gasteiger partial charge on any atom is -0.475 e. The molecule has 2 aromatic heterocycles. The molecule has 2 aliphatic heterocycles. The molecule has 0 saturated carbocycles. The molecule has 4 heterocycles. The molecule has 162 valence electrons. The zero-order valence-corrected chi connectivity index (χ0v) is 17.8. The van der Waals surface area contributed by atoms with Gasteiger partial charge in [-0.1, -0.05) is 24.3 Å². The summed E-state index contributed by atoms with van der Waals surface area (Å²) < 4.78 is 13.6. The maximum absolute atomic E-state index is 11.0. The van der Waals surface area contributed by atoms with Crippen LogP contribution in [0.4, 0.5) is 0 Å². The Morgan fingerprint density at radius 2 is 2.03 bits per heavy atom. The van der Waals surface area contributed by atoms with Gasteiger partial charge in [0.2, 0.25) is 5.88 Å². The Labute approximate surface area is 182 Å². The second kappa shape index (κ2) is 8.78. The largest absolute Gasteiger partial charge is 0.475 e. The van der Waals surface area contributed by atoms with Gasteiger partial charge >= 0.3 is 0 Å². The first-order chi connectivity index (χ1) is 15.2. The Balaban J connectivity index is 1.26. The fourth-order valence-electron chi connectivity index (χ4n) is 4.35. The molecule has 31 heavy (non-hydrogen) atoms. The fraction of sp³-hybridized carbons (Fsp3) is 0.417. The lowest BCUT2D eigenvalue weighted by atomic mass is 10.1. The van der Waals surface area contributed by atoms with Gasteiger partial charge in [0.25, 0.3) is 0 Å². The summed E-state index contributed by atoms with van der Waals surface area (Å²) in [7, 11) is 1.92. The molecule has 0 aliphatic carbocycles. The molecule has 2 atom stereocenters. The van der Waals surface area contributed by atoms with Gasteiger partial charge in [0.05, 0.1) is 17.4 Å². The summed E-state index contributed by atoms with van der Waals surface area (Å²) in [5.41, 5.74) is 5.02. The lowest BCUT2D eigenvalue weighted by Crippen LogP contribution is -2.26. The van der Waals surface area contributed by atoms with Gasteiger partial charge in [0, 0.05) is 44.7 Å². The van der Waals surface area contributed by atoms with Crippen LogP contribution in [-0.2, 0) is 24.9 Å². The third kappa shape index (κ3) is 4.35. The molecule has 1 N–H and O–H groups in total. The molecule has 0 amide bonds. The quantitative estimate of drug-likeness (QED) is 0.659. The minimum atomic E-state index is -0.735. The minimum absolute atomic E-state index is 0.110. The second-order valence-corrected chi connectivity index (χ2v) is 8.34. The first-order valence-electron chi connectivity index (χ1n) is 10.9. The van der Waals surface area contributed by atoms with E-state index in [2.05, 4.69) is 34.3 Å². The number of nitrogens with zero attached hydrogens (tertiary/aromatic N) is 4. The maximum Gasteiger partial charge on any atom is 0.221 e. The number of aliphatic hydroxyl groups is 1. The third-order valence-electron chi connectivity index (χ3n) is 6.05. The second-order valence-electron chi connectivity index (χ2n) is 8.34.